The first-order valence-corrected chi connectivity index (χ1v) is 3.45. The van der Waals surface area contributed by atoms with Gasteiger partial charge in [0.15, 0.2) is 0 Å². The van der Waals surface area contributed by atoms with Gasteiger partial charge in [-0.05, 0) is 11.8 Å². The lowest BCUT2D eigenvalue weighted by Gasteiger charge is -2.22. The van der Waals surface area contributed by atoms with Crippen molar-refractivity contribution in [1.29, 1.82) is 0 Å². The molecule has 0 aromatic rings. The summed E-state index contributed by atoms with van der Waals surface area (Å²) < 4.78 is 0. The van der Waals surface area contributed by atoms with E-state index in [9.17, 15) is 0 Å². The van der Waals surface area contributed by atoms with Crippen LogP contribution >= 0.6 is 0 Å². The summed E-state index contributed by atoms with van der Waals surface area (Å²) in [7, 11) is 0. The molecular weight excluding hydrogens is 96.1 g/mol. The highest BCUT2D eigenvalue weighted by atomic mass is 14.2. The molecule has 0 atom stereocenters. The Hall–Kier alpha value is 0. The fraction of sp³-hybridized carbons (Fsp3) is 0.750. The standard InChI is InChI=1S/C8H14/c1-7-3-5-8(2)6-4-7/h7-8H,1-6H2. The van der Waals surface area contributed by atoms with Gasteiger partial charge in [0.05, 0.1) is 0 Å². The summed E-state index contributed by atoms with van der Waals surface area (Å²) >= 11 is 0. The Labute approximate surface area is 52.3 Å². The van der Waals surface area contributed by atoms with Crippen molar-refractivity contribution in [2.45, 2.75) is 25.7 Å². The molecule has 1 aliphatic carbocycles. The Morgan fingerprint density at radius 1 is 0.750 bits per heavy atom. The maximum atomic E-state index is 4.00. The molecule has 0 heterocycles. The van der Waals surface area contributed by atoms with E-state index < -0.39 is 0 Å². The molecule has 0 amide bonds. The molecular formula is C8H14. The van der Waals surface area contributed by atoms with Crippen molar-refractivity contribution in [3.63, 3.8) is 0 Å². The molecule has 1 fully saturated rings. The zero-order chi connectivity index (χ0) is 5.98. The molecule has 0 saturated heterocycles. The largest absolute Gasteiger partial charge is 0.0502 e. The second-order valence-electron chi connectivity index (χ2n) is 2.89. The van der Waals surface area contributed by atoms with E-state index >= 15 is 0 Å². The average Bonchev–Trinajstić information content (AvgIpc) is 1.77. The fourth-order valence-corrected chi connectivity index (χ4v) is 1.23. The highest BCUT2D eigenvalue weighted by Gasteiger charge is 2.13. The Bertz CT molecular complexity index is 48.4. The highest BCUT2D eigenvalue weighted by Crippen LogP contribution is 2.26. The molecule has 0 nitrogen and oxygen atoms in total. The third-order valence-corrected chi connectivity index (χ3v) is 1.97. The molecule has 0 aliphatic heterocycles. The fourth-order valence-electron chi connectivity index (χ4n) is 1.23. The van der Waals surface area contributed by atoms with Crippen molar-refractivity contribution in [3.8, 4) is 0 Å². The topological polar surface area (TPSA) is 0 Å². The van der Waals surface area contributed by atoms with Gasteiger partial charge in [0, 0.05) is 0 Å². The van der Waals surface area contributed by atoms with E-state index in [1.54, 1.807) is 0 Å². The first-order valence-electron chi connectivity index (χ1n) is 3.45. The molecule has 0 heteroatoms. The second kappa shape index (κ2) is 2.52. The summed E-state index contributed by atoms with van der Waals surface area (Å²) in [6.45, 7) is 8.01. The smallest absolute Gasteiger partial charge is 0.0414 e. The van der Waals surface area contributed by atoms with Crippen LogP contribution in [0.3, 0.4) is 0 Å². The van der Waals surface area contributed by atoms with E-state index in [4.69, 9.17) is 0 Å². The Kier molecular flexibility index (Phi) is 1.93. The predicted molar refractivity (Wildman–Crippen MR) is 36.2 cm³/mol. The van der Waals surface area contributed by atoms with Crippen molar-refractivity contribution in [1.82, 2.24) is 0 Å². The third kappa shape index (κ3) is 1.50. The van der Waals surface area contributed by atoms with Crippen LogP contribution in [0.2, 0.25) is 0 Å². The molecule has 0 bridgehead atoms. The molecule has 0 unspecified atom stereocenters. The third-order valence-electron chi connectivity index (χ3n) is 1.97. The molecule has 0 N–H and O–H groups in total. The van der Waals surface area contributed by atoms with Gasteiger partial charge in [0.25, 0.3) is 0 Å². The Morgan fingerprint density at radius 3 is 1.25 bits per heavy atom. The molecule has 8 heavy (non-hydrogen) atoms. The quantitative estimate of drug-likeness (QED) is 0.449. The van der Waals surface area contributed by atoms with Crippen molar-refractivity contribution in [2.75, 3.05) is 0 Å². The molecule has 0 aromatic carbocycles. The average molecular weight is 110 g/mol. The van der Waals surface area contributed by atoms with Gasteiger partial charge in [-0.2, -0.15) is 0 Å². The Balaban J connectivity index is 2.19. The normalized spacial score (nSPS) is 39.8. The molecule has 2 radical (unpaired) electrons. The number of hydrogen-bond acceptors (Lipinski definition) is 0. The van der Waals surface area contributed by atoms with Gasteiger partial charge in [-0.15, -0.1) is 0 Å². The van der Waals surface area contributed by atoms with Gasteiger partial charge in [-0.1, -0.05) is 39.5 Å². The lowest BCUT2D eigenvalue weighted by molar-refractivity contribution is 0.352. The van der Waals surface area contributed by atoms with E-state index in [1.165, 1.54) is 25.7 Å². The van der Waals surface area contributed by atoms with Gasteiger partial charge in [-0.3, -0.25) is 0 Å². The van der Waals surface area contributed by atoms with E-state index in [0.29, 0.717) is 0 Å². The first-order chi connectivity index (χ1) is 3.79. The maximum absolute atomic E-state index is 4.00. The zero-order valence-electron chi connectivity index (χ0n) is 5.40. The molecule has 0 aromatic heterocycles. The van der Waals surface area contributed by atoms with E-state index in [1.807, 2.05) is 0 Å². The highest BCUT2D eigenvalue weighted by molar-refractivity contribution is 4.74. The monoisotopic (exact) mass is 110 g/mol. The summed E-state index contributed by atoms with van der Waals surface area (Å²) in [6.07, 6.45) is 5.20. The van der Waals surface area contributed by atoms with Crippen molar-refractivity contribution >= 4 is 0 Å². The Morgan fingerprint density at radius 2 is 1.00 bits per heavy atom. The van der Waals surface area contributed by atoms with Crippen LogP contribution in [-0.2, 0) is 0 Å². The summed E-state index contributed by atoms with van der Waals surface area (Å²) in [5.41, 5.74) is 0. The van der Waals surface area contributed by atoms with Gasteiger partial charge < -0.3 is 0 Å². The molecule has 1 aliphatic rings. The van der Waals surface area contributed by atoms with Crippen molar-refractivity contribution < 1.29 is 0 Å². The van der Waals surface area contributed by atoms with Crippen LogP contribution in [0.4, 0.5) is 0 Å². The summed E-state index contributed by atoms with van der Waals surface area (Å²) in [5, 5.41) is 0. The van der Waals surface area contributed by atoms with Crippen LogP contribution in [0, 0.1) is 25.7 Å². The van der Waals surface area contributed by atoms with E-state index in [-0.39, 0.29) is 0 Å². The molecule has 46 valence electrons. The lowest BCUT2D eigenvalue weighted by atomic mass is 9.84. The summed E-state index contributed by atoms with van der Waals surface area (Å²) in [4.78, 5) is 0. The summed E-state index contributed by atoms with van der Waals surface area (Å²) in [5.74, 6) is 1.46. The zero-order valence-corrected chi connectivity index (χ0v) is 5.40. The van der Waals surface area contributed by atoms with Crippen molar-refractivity contribution in [2.24, 2.45) is 11.8 Å². The second-order valence-corrected chi connectivity index (χ2v) is 2.89. The summed E-state index contributed by atoms with van der Waals surface area (Å²) in [6, 6.07) is 0. The minimum absolute atomic E-state index is 0.730. The maximum Gasteiger partial charge on any atom is -0.0414 e. The van der Waals surface area contributed by atoms with Crippen LogP contribution in [0.25, 0.3) is 0 Å². The van der Waals surface area contributed by atoms with Gasteiger partial charge in [0.2, 0.25) is 0 Å². The molecule has 1 rings (SSSR count). The van der Waals surface area contributed by atoms with Gasteiger partial charge in [0.1, 0.15) is 0 Å². The lowest BCUT2D eigenvalue weighted by Crippen LogP contribution is -2.09. The van der Waals surface area contributed by atoms with E-state index in [0.717, 1.165) is 11.8 Å². The SMILES string of the molecule is [CH2]C1CCC([CH2])CC1. The van der Waals surface area contributed by atoms with Crippen LogP contribution in [0.15, 0.2) is 0 Å². The minimum atomic E-state index is 0.730. The van der Waals surface area contributed by atoms with Crippen molar-refractivity contribution in [3.05, 3.63) is 13.8 Å². The van der Waals surface area contributed by atoms with Crippen LogP contribution in [-0.4, -0.2) is 0 Å². The minimum Gasteiger partial charge on any atom is -0.0502 e. The predicted octanol–water partition coefficient (Wildman–Crippen LogP) is 2.46. The first kappa shape index (κ1) is 6.12. The number of rotatable bonds is 0. The molecule has 0 spiro atoms. The van der Waals surface area contributed by atoms with Gasteiger partial charge in [-0.25, -0.2) is 0 Å². The van der Waals surface area contributed by atoms with E-state index in [2.05, 4.69) is 13.8 Å². The van der Waals surface area contributed by atoms with Crippen LogP contribution in [0.5, 0.6) is 0 Å². The van der Waals surface area contributed by atoms with Crippen LogP contribution < -0.4 is 0 Å². The van der Waals surface area contributed by atoms with Crippen LogP contribution in [0.1, 0.15) is 25.7 Å². The van der Waals surface area contributed by atoms with Gasteiger partial charge >= 0.3 is 0 Å². The molecule has 1 saturated carbocycles. The number of hydrogen-bond donors (Lipinski definition) is 0.